The molecule has 1 N–H and O–H groups in total. The maximum atomic E-state index is 12.4. The summed E-state index contributed by atoms with van der Waals surface area (Å²) in [6, 6.07) is 7.23. The van der Waals surface area contributed by atoms with Gasteiger partial charge in [0.25, 0.3) is 5.91 Å². The van der Waals surface area contributed by atoms with Gasteiger partial charge < -0.3 is 15.1 Å². The van der Waals surface area contributed by atoms with Crippen LogP contribution >= 0.6 is 0 Å². The fourth-order valence-electron chi connectivity index (χ4n) is 2.43. The third kappa shape index (κ3) is 3.83. The summed E-state index contributed by atoms with van der Waals surface area (Å²) in [6.45, 7) is 2.74. The van der Waals surface area contributed by atoms with Crippen molar-refractivity contribution in [1.82, 2.24) is 25.0 Å². The number of amides is 2. The summed E-state index contributed by atoms with van der Waals surface area (Å²) in [4.78, 5) is 30.4. The average Bonchev–Trinajstić information content (AvgIpc) is 2.67. The van der Waals surface area contributed by atoms with Crippen LogP contribution in [0.25, 0.3) is 0 Å². The molecular formula is C16H18N6O2. The minimum absolute atomic E-state index is 0.159. The van der Waals surface area contributed by atoms with Crippen molar-refractivity contribution < 1.29 is 9.59 Å². The molecule has 1 aliphatic heterocycles. The molecule has 0 radical (unpaired) electrons. The molecule has 0 spiro atoms. The van der Waals surface area contributed by atoms with Crippen LogP contribution in [0.1, 0.15) is 16.1 Å². The van der Waals surface area contributed by atoms with Gasteiger partial charge in [0.2, 0.25) is 6.41 Å². The zero-order chi connectivity index (χ0) is 16.8. The summed E-state index contributed by atoms with van der Waals surface area (Å²) in [5.74, 6) is 0.447. The van der Waals surface area contributed by atoms with E-state index < -0.39 is 0 Å². The Kier molecular flexibility index (Phi) is 4.95. The number of nitrogens with zero attached hydrogens (tertiary/aromatic N) is 5. The number of pyridine rings is 1. The first-order chi connectivity index (χ1) is 11.8. The van der Waals surface area contributed by atoms with Crippen molar-refractivity contribution in [2.24, 2.45) is 0 Å². The Morgan fingerprint density at radius 1 is 1.08 bits per heavy atom. The van der Waals surface area contributed by atoms with Crippen LogP contribution in [-0.2, 0) is 11.3 Å². The minimum atomic E-state index is -0.159. The highest BCUT2D eigenvalue weighted by molar-refractivity contribution is 5.92. The van der Waals surface area contributed by atoms with Crippen LogP contribution in [0.3, 0.4) is 0 Å². The predicted molar refractivity (Wildman–Crippen MR) is 87.1 cm³/mol. The third-order valence-electron chi connectivity index (χ3n) is 3.86. The lowest BCUT2D eigenvalue weighted by Crippen LogP contribution is -2.48. The topological polar surface area (TPSA) is 91.3 Å². The summed E-state index contributed by atoms with van der Waals surface area (Å²) in [5, 5.41) is 11.2. The molecule has 1 saturated heterocycles. The normalized spacial score (nSPS) is 14.3. The van der Waals surface area contributed by atoms with Gasteiger partial charge in [0.05, 0.1) is 0 Å². The largest absolute Gasteiger partial charge is 0.365 e. The molecule has 2 aromatic heterocycles. The Morgan fingerprint density at radius 3 is 2.46 bits per heavy atom. The quantitative estimate of drug-likeness (QED) is 0.800. The number of carbonyl (C=O) groups is 2. The standard InChI is InChI=1S/C16H18N6O2/c23-12-21-7-9-22(10-8-21)16(24)14-1-2-15(20-19-14)18-11-13-3-5-17-6-4-13/h1-6,12H,7-11H2,(H,18,20). The van der Waals surface area contributed by atoms with Crippen LogP contribution in [0.5, 0.6) is 0 Å². The maximum Gasteiger partial charge on any atom is 0.274 e. The number of nitrogens with one attached hydrogen (secondary N) is 1. The molecule has 0 unspecified atom stereocenters. The van der Waals surface area contributed by atoms with Gasteiger partial charge in [0.15, 0.2) is 5.69 Å². The second-order valence-electron chi connectivity index (χ2n) is 5.45. The number of hydrogen-bond acceptors (Lipinski definition) is 6. The SMILES string of the molecule is O=CN1CCN(C(=O)c2ccc(NCc3ccncc3)nn2)CC1. The molecule has 0 atom stereocenters. The van der Waals surface area contributed by atoms with Crippen molar-refractivity contribution in [1.29, 1.82) is 0 Å². The van der Waals surface area contributed by atoms with Crippen molar-refractivity contribution in [2.75, 3.05) is 31.5 Å². The molecule has 24 heavy (non-hydrogen) atoms. The van der Waals surface area contributed by atoms with Gasteiger partial charge in [-0.2, -0.15) is 0 Å². The molecule has 3 rings (SSSR count). The lowest BCUT2D eigenvalue weighted by atomic mass is 10.2. The van der Waals surface area contributed by atoms with Crippen LogP contribution in [0, 0.1) is 0 Å². The van der Waals surface area contributed by atoms with Crippen LogP contribution in [-0.4, -0.2) is 63.5 Å². The van der Waals surface area contributed by atoms with Gasteiger partial charge >= 0.3 is 0 Å². The Morgan fingerprint density at radius 2 is 1.83 bits per heavy atom. The van der Waals surface area contributed by atoms with Crippen LogP contribution in [0.2, 0.25) is 0 Å². The van der Waals surface area contributed by atoms with Gasteiger partial charge in [-0.15, -0.1) is 10.2 Å². The Balaban J connectivity index is 1.56. The molecular weight excluding hydrogens is 308 g/mol. The summed E-state index contributed by atoms with van der Waals surface area (Å²) in [6.07, 6.45) is 4.27. The lowest BCUT2D eigenvalue weighted by molar-refractivity contribution is -0.119. The zero-order valence-corrected chi connectivity index (χ0v) is 13.1. The molecule has 8 nitrogen and oxygen atoms in total. The first-order valence-corrected chi connectivity index (χ1v) is 7.71. The number of rotatable bonds is 5. The molecule has 0 aliphatic carbocycles. The highest BCUT2D eigenvalue weighted by Crippen LogP contribution is 2.09. The number of carbonyl (C=O) groups excluding carboxylic acids is 2. The van der Waals surface area contributed by atoms with Crippen molar-refractivity contribution in [2.45, 2.75) is 6.54 Å². The zero-order valence-electron chi connectivity index (χ0n) is 13.1. The molecule has 0 bridgehead atoms. The van der Waals surface area contributed by atoms with Gasteiger partial charge in [0.1, 0.15) is 5.82 Å². The van der Waals surface area contributed by atoms with E-state index in [1.54, 1.807) is 34.3 Å². The maximum absolute atomic E-state index is 12.4. The van der Waals surface area contributed by atoms with Crippen molar-refractivity contribution in [3.05, 3.63) is 47.9 Å². The van der Waals surface area contributed by atoms with E-state index >= 15 is 0 Å². The summed E-state index contributed by atoms with van der Waals surface area (Å²) in [5.41, 5.74) is 1.39. The summed E-state index contributed by atoms with van der Waals surface area (Å²) in [7, 11) is 0. The minimum Gasteiger partial charge on any atom is -0.365 e. The first-order valence-electron chi connectivity index (χ1n) is 7.71. The van der Waals surface area contributed by atoms with Gasteiger partial charge in [-0.05, 0) is 29.8 Å². The van der Waals surface area contributed by atoms with E-state index in [2.05, 4.69) is 20.5 Å². The van der Waals surface area contributed by atoms with Crippen LogP contribution < -0.4 is 5.32 Å². The van der Waals surface area contributed by atoms with E-state index in [9.17, 15) is 9.59 Å². The van der Waals surface area contributed by atoms with E-state index in [0.717, 1.165) is 12.0 Å². The van der Waals surface area contributed by atoms with Gasteiger partial charge in [-0.3, -0.25) is 14.6 Å². The number of anilines is 1. The predicted octanol–water partition coefficient (Wildman–Crippen LogP) is 0.398. The van der Waals surface area contributed by atoms with Crippen LogP contribution in [0.4, 0.5) is 5.82 Å². The number of aromatic nitrogens is 3. The number of hydrogen-bond donors (Lipinski definition) is 1. The molecule has 2 aromatic rings. The Labute approximate surface area is 139 Å². The van der Waals surface area contributed by atoms with Crippen molar-refractivity contribution in [3.8, 4) is 0 Å². The van der Waals surface area contributed by atoms with Gasteiger partial charge in [-0.25, -0.2) is 0 Å². The summed E-state index contributed by atoms with van der Waals surface area (Å²) < 4.78 is 0. The highest BCUT2D eigenvalue weighted by atomic mass is 16.2. The van der Waals surface area contributed by atoms with E-state index in [1.807, 2.05) is 12.1 Å². The van der Waals surface area contributed by atoms with E-state index in [4.69, 9.17) is 0 Å². The Bertz CT molecular complexity index is 683. The highest BCUT2D eigenvalue weighted by Gasteiger charge is 2.22. The fourth-order valence-corrected chi connectivity index (χ4v) is 2.43. The van der Waals surface area contributed by atoms with Crippen LogP contribution in [0.15, 0.2) is 36.7 Å². The van der Waals surface area contributed by atoms with Crippen molar-refractivity contribution in [3.63, 3.8) is 0 Å². The first kappa shape index (κ1) is 15.9. The third-order valence-corrected chi connectivity index (χ3v) is 3.86. The van der Waals surface area contributed by atoms with E-state index in [1.165, 1.54) is 0 Å². The van der Waals surface area contributed by atoms with Gasteiger partial charge in [0, 0.05) is 45.1 Å². The molecule has 0 aromatic carbocycles. The Hall–Kier alpha value is -3.03. The van der Waals surface area contributed by atoms with Gasteiger partial charge in [-0.1, -0.05) is 0 Å². The van der Waals surface area contributed by atoms with E-state index in [-0.39, 0.29) is 5.91 Å². The average molecular weight is 326 g/mol. The molecule has 8 heteroatoms. The second kappa shape index (κ2) is 7.49. The second-order valence-corrected chi connectivity index (χ2v) is 5.45. The molecule has 124 valence electrons. The molecule has 1 fully saturated rings. The molecule has 2 amide bonds. The molecule has 3 heterocycles. The van der Waals surface area contributed by atoms with Crippen molar-refractivity contribution >= 4 is 18.1 Å². The molecule has 0 saturated carbocycles. The fraction of sp³-hybridized carbons (Fsp3) is 0.312. The summed E-state index contributed by atoms with van der Waals surface area (Å²) >= 11 is 0. The van der Waals surface area contributed by atoms with E-state index in [0.29, 0.717) is 44.2 Å². The molecule has 1 aliphatic rings. The lowest BCUT2D eigenvalue weighted by Gasteiger charge is -2.32. The smallest absolute Gasteiger partial charge is 0.274 e. The number of piperazine rings is 1. The monoisotopic (exact) mass is 326 g/mol.